The highest BCUT2D eigenvalue weighted by Gasteiger charge is 2.17. The van der Waals surface area contributed by atoms with E-state index in [1.807, 2.05) is 0 Å². The second kappa shape index (κ2) is 4.27. The second-order valence-electron chi connectivity index (χ2n) is 3.31. The average molecular weight is 272 g/mol. The summed E-state index contributed by atoms with van der Waals surface area (Å²) in [6.07, 6.45) is 2.85. The van der Waals surface area contributed by atoms with Crippen molar-refractivity contribution in [3.8, 4) is 5.69 Å². The van der Waals surface area contributed by atoms with E-state index in [9.17, 15) is 4.79 Å². The number of nitrogen functional groups attached to an aromatic ring is 1. The van der Waals surface area contributed by atoms with E-state index in [4.69, 9.17) is 34.0 Å². The number of hydrogen-bond donors (Lipinski definition) is 2. The lowest BCUT2D eigenvalue weighted by Gasteiger charge is -2.09. The molecular weight excluding hydrogens is 265 g/mol. The van der Waals surface area contributed by atoms with E-state index in [2.05, 4.69) is 5.10 Å². The molecule has 0 aliphatic rings. The van der Waals surface area contributed by atoms with Gasteiger partial charge in [0.2, 0.25) is 0 Å². The zero-order valence-corrected chi connectivity index (χ0v) is 9.90. The van der Waals surface area contributed by atoms with E-state index in [0.717, 1.165) is 0 Å². The fraction of sp³-hybridized carbons (Fsp3) is 0. The third-order valence-corrected chi connectivity index (χ3v) is 2.58. The molecule has 1 heterocycles. The van der Waals surface area contributed by atoms with Crippen LogP contribution in [-0.2, 0) is 0 Å². The van der Waals surface area contributed by atoms with Gasteiger partial charge in [-0.05, 0) is 12.1 Å². The number of halogens is 2. The van der Waals surface area contributed by atoms with Crippen LogP contribution in [0.3, 0.4) is 0 Å². The maximum absolute atomic E-state index is 11.1. The Morgan fingerprint density at radius 2 is 2.12 bits per heavy atom. The number of rotatable bonds is 2. The Balaban J connectivity index is 2.71. The van der Waals surface area contributed by atoms with E-state index in [0.29, 0.717) is 5.02 Å². The lowest BCUT2D eigenvalue weighted by Crippen LogP contribution is -2.07. The van der Waals surface area contributed by atoms with Crippen LogP contribution in [0.2, 0.25) is 10.0 Å². The monoisotopic (exact) mass is 271 g/mol. The quantitative estimate of drug-likeness (QED) is 0.823. The number of carbonyl (C=O) groups is 1. The molecule has 88 valence electrons. The summed E-state index contributed by atoms with van der Waals surface area (Å²) in [7, 11) is 0. The van der Waals surface area contributed by atoms with Crippen molar-refractivity contribution in [2.45, 2.75) is 0 Å². The number of benzene rings is 1. The van der Waals surface area contributed by atoms with Crippen LogP contribution in [0.1, 0.15) is 10.4 Å². The summed E-state index contributed by atoms with van der Waals surface area (Å²) in [4.78, 5) is 11.1. The summed E-state index contributed by atoms with van der Waals surface area (Å²) < 4.78 is 1.30. The van der Waals surface area contributed by atoms with Crippen molar-refractivity contribution in [2.24, 2.45) is 0 Å². The van der Waals surface area contributed by atoms with Crippen LogP contribution in [-0.4, -0.2) is 20.9 Å². The van der Waals surface area contributed by atoms with Gasteiger partial charge in [-0.25, -0.2) is 9.48 Å². The molecule has 1 aromatic carbocycles. The highest BCUT2D eigenvalue weighted by molar-refractivity contribution is 6.33. The molecule has 0 atom stereocenters. The zero-order valence-electron chi connectivity index (χ0n) is 8.39. The molecule has 2 rings (SSSR count). The SMILES string of the molecule is Nc1cc(Cl)c(-n2cc(Cl)cn2)c(C(=O)O)c1. The normalized spacial score (nSPS) is 10.5. The second-order valence-corrected chi connectivity index (χ2v) is 4.15. The fourth-order valence-corrected chi connectivity index (χ4v) is 1.89. The molecule has 3 N–H and O–H groups in total. The van der Waals surface area contributed by atoms with Crippen molar-refractivity contribution >= 4 is 34.9 Å². The summed E-state index contributed by atoms with van der Waals surface area (Å²) in [6, 6.07) is 2.78. The summed E-state index contributed by atoms with van der Waals surface area (Å²) in [6.45, 7) is 0. The minimum Gasteiger partial charge on any atom is -0.478 e. The Labute approximate surface area is 106 Å². The van der Waals surface area contributed by atoms with Crippen LogP contribution >= 0.6 is 23.2 Å². The molecule has 0 fully saturated rings. The van der Waals surface area contributed by atoms with E-state index in [-0.39, 0.29) is 22.0 Å². The lowest BCUT2D eigenvalue weighted by atomic mass is 10.1. The smallest absolute Gasteiger partial charge is 0.338 e. The third-order valence-electron chi connectivity index (χ3n) is 2.10. The fourth-order valence-electron chi connectivity index (χ4n) is 1.44. The molecule has 5 nitrogen and oxygen atoms in total. The van der Waals surface area contributed by atoms with E-state index < -0.39 is 5.97 Å². The molecule has 2 aromatic rings. The van der Waals surface area contributed by atoms with Crippen LogP contribution in [0.25, 0.3) is 5.69 Å². The van der Waals surface area contributed by atoms with Crippen molar-refractivity contribution in [3.05, 3.63) is 40.1 Å². The maximum Gasteiger partial charge on any atom is 0.338 e. The Hall–Kier alpha value is -1.72. The largest absolute Gasteiger partial charge is 0.478 e. The highest BCUT2D eigenvalue weighted by Crippen LogP contribution is 2.28. The number of hydrogen-bond acceptors (Lipinski definition) is 3. The first kappa shape index (κ1) is 11.8. The number of carboxylic acids is 1. The van der Waals surface area contributed by atoms with Gasteiger partial charge in [0.1, 0.15) is 0 Å². The van der Waals surface area contributed by atoms with Gasteiger partial charge in [-0.3, -0.25) is 0 Å². The molecule has 17 heavy (non-hydrogen) atoms. The molecule has 0 aliphatic heterocycles. The van der Waals surface area contributed by atoms with Gasteiger partial charge >= 0.3 is 5.97 Å². The van der Waals surface area contributed by atoms with Crippen molar-refractivity contribution in [2.75, 3.05) is 5.73 Å². The molecule has 0 aliphatic carbocycles. The summed E-state index contributed by atoms with van der Waals surface area (Å²) >= 11 is 11.7. The first-order valence-electron chi connectivity index (χ1n) is 4.52. The van der Waals surface area contributed by atoms with Crippen molar-refractivity contribution in [3.63, 3.8) is 0 Å². The van der Waals surface area contributed by atoms with E-state index in [1.54, 1.807) is 0 Å². The predicted octanol–water partition coefficient (Wildman–Crippen LogP) is 2.46. The van der Waals surface area contributed by atoms with Crippen molar-refractivity contribution in [1.29, 1.82) is 0 Å². The summed E-state index contributed by atoms with van der Waals surface area (Å²) in [5.41, 5.74) is 6.02. The maximum atomic E-state index is 11.1. The number of nitrogens with zero attached hydrogens (tertiary/aromatic N) is 2. The summed E-state index contributed by atoms with van der Waals surface area (Å²) in [5, 5.41) is 13.6. The molecule has 0 saturated carbocycles. The third kappa shape index (κ3) is 2.20. The van der Waals surface area contributed by atoms with Gasteiger partial charge in [-0.15, -0.1) is 0 Å². The minimum absolute atomic E-state index is 0.0326. The molecule has 0 amide bonds. The number of nitrogens with two attached hydrogens (primary N) is 1. The lowest BCUT2D eigenvalue weighted by molar-refractivity contribution is 0.0697. The molecule has 0 radical (unpaired) electrons. The van der Waals surface area contributed by atoms with Crippen molar-refractivity contribution in [1.82, 2.24) is 9.78 Å². The van der Waals surface area contributed by atoms with Gasteiger partial charge in [0.15, 0.2) is 0 Å². The van der Waals surface area contributed by atoms with Gasteiger partial charge in [-0.1, -0.05) is 23.2 Å². The Morgan fingerprint density at radius 3 is 2.65 bits per heavy atom. The number of aromatic carboxylic acids is 1. The van der Waals surface area contributed by atoms with Crippen molar-refractivity contribution < 1.29 is 9.90 Å². The molecule has 1 aromatic heterocycles. The van der Waals surface area contributed by atoms with Gasteiger partial charge in [0, 0.05) is 11.9 Å². The molecular formula is C10H7Cl2N3O2. The van der Waals surface area contributed by atoms with Gasteiger partial charge < -0.3 is 10.8 Å². The minimum atomic E-state index is -1.14. The van der Waals surface area contributed by atoms with Gasteiger partial charge in [-0.2, -0.15) is 5.10 Å². The highest BCUT2D eigenvalue weighted by atomic mass is 35.5. The van der Waals surface area contributed by atoms with Crippen LogP contribution in [0.15, 0.2) is 24.5 Å². The average Bonchev–Trinajstić information content (AvgIpc) is 2.63. The van der Waals surface area contributed by atoms with Gasteiger partial charge in [0.05, 0.1) is 27.5 Å². The topological polar surface area (TPSA) is 81.1 Å². The van der Waals surface area contributed by atoms with E-state index in [1.165, 1.54) is 29.2 Å². The summed E-state index contributed by atoms with van der Waals surface area (Å²) in [5.74, 6) is -1.14. The predicted molar refractivity (Wildman–Crippen MR) is 65.0 cm³/mol. The van der Waals surface area contributed by atoms with E-state index >= 15 is 0 Å². The molecule has 0 unspecified atom stereocenters. The van der Waals surface area contributed by atoms with Crippen LogP contribution < -0.4 is 5.73 Å². The molecule has 0 bridgehead atoms. The Bertz CT molecular complexity index is 595. The zero-order chi connectivity index (χ0) is 12.6. The number of anilines is 1. The number of aromatic nitrogens is 2. The Kier molecular flexibility index (Phi) is 2.95. The van der Waals surface area contributed by atoms with Gasteiger partial charge in [0.25, 0.3) is 0 Å². The molecule has 0 saturated heterocycles. The standard InChI is InChI=1S/C10H7Cl2N3O2/c11-5-3-14-15(4-5)9-7(10(16)17)1-6(13)2-8(9)12/h1-4H,13H2,(H,16,17). The first-order valence-corrected chi connectivity index (χ1v) is 5.27. The van der Waals surface area contributed by atoms with Crippen LogP contribution in [0, 0.1) is 0 Å². The van der Waals surface area contributed by atoms with Crippen LogP contribution in [0.4, 0.5) is 5.69 Å². The number of carboxylic acid groups (broad SMARTS) is 1. The molecule has 0 spiro atoms. The molecule has 7 heteroatoms. The van der Waals surface area contributed by atoms with Crippen LogP contribution in [0.5, 0.6) is 0 Å². The Morgan fingerprint density at radius 1 is 1.41 bits per heavy atom. The first-order chi connectivity index (χ1) is 7.99.